The Morgan fingerprint density at radius 2 is 1.88 bits per heavy atom. The average molecular weight is 374 g/mol. The molecule has 1 amide bonds. The van der Waals surface area contributed by atoms with Gasteiger partial charge in [-0.05, 0) is 54.9 Å². The summed E-state index contributed by atoms with van der Waals surface area (Å²) in [4.78, 5) is 18.2. The van der Waals surface area contributed by atoms with Crippen LogP contribution in [-0.2, 0) is 0 Å². The van der Waals surface area contributed by atoms with Crippen molar-refractivity contribution in [2.75, 3.05) is 19.6 Å². The van der Waals surface area contributed by atoms with E-state index in [4.69, 9.17) is 0 Å². The number of rotatable bonds is 2. The van der Waals surface area contributed by atoms with E-state index in [0.717, 1.165) is 36.9 Å². The van der Waals surface area contributed by atoms with Gasteiger partial charge in [-0.3, -0.25) is 9.69 Å². The third-order valence-corrected chi connectivity index (χ3v) is 7.23. The standard InChI is InChI=1S/C20H20F2N2OS/c21-15-4-1-3-13(17(15)22)14-11-24(20(25)16-5-2-10-26-16)18-12-6-8-23(9-7-12)19(14)18/h1-5,10,12,14,18-19H,6-9,11H2/t14-,18+,19+/m0/s1. The molecule has 6 rings (SSSR count). The normalized spacial score (nSPS) is 32.7. The van der Waals surface area contributed by atoms with E-state index < -0.39 is 11.6 Å². The number of carbonyl (C=O) groups excluding carboxylic acids is 1. The summed E-state index contributed by atoms with van der Waals surface area (Å²) in [6.45, 7) is 2.43. The Morgan fingerprint density at radius 1 is 1.08 bits per heavy atom. The van der Waals surface area contributed by atoms with Crippen molar-refractivity contribution < 1.29 is 13.6 Å². The van der Waals surface area contributed by atoms with E-state index >= 15 is 0 Å². The highest BCUT2D eigenvalue weighted by Crippen LogP contribution is 2.47. The van der Waals surface area contributed by atoms with Crippen LogP contribution in [0.2, 0.25) is 0 Å². The molecule has 3 atom stereocenters. The number of hydrogen-bond donors (Lipinski definition) is 0. The first kappa shape index (κ1) is 16.4. The zero-order chi connectivity index (χ0) is 17.8. The average Bonchev–Trinajstić information content (AvgIpc) is 3.33. The molecule has 4 aliphatic heterocycles. The van der Waals surface area contributed by atoms with Crippen molar-refractivity contribution in [1.82, 2.24) is 9.80 Å². The third kappa shape index (κ3) is 2.35. The second kappa shape index (κ2) is 6.13. The lowest BCUT2D eigenvalue weighted by molar-refractivity contribution is -0.00344. The predicted molar refractivity (Wildman–Crippen MR) is 96.3 cm³/mol. The van der Waals surface area contributed by atoms with Crippen LogP contribution in [0.5, 0.6) is 0 Å². The van der Waals surface area contributed by atoms with Crippen molar-refractivity contribution >= 4 is 17.2 Å². The molecule has 26 heavy (non-hydrogen) atoms. The Morgan fingerprint density at radius 3 is 2.62 bits per heavy atom. The number of fused-ring (bicyclic) bond motifs is 2. The smallest absolute Gasteiger partial charge is 0.264 e. The summed E-state index contributed by atoms with van der Waals surface area (Å²) < 4.78 is 28.4. The van der Waals surface area contributed by atoms with Crippen molar-refractivity contribution in [3.63, 3.8) is 0 Å². The second-order valence-electron chi connectivity index (χ2n) is 7.54. The molecule has 0 unspecified atom stereocenters. The Kier molecular flexibility index (Phi) is 3.87. The van der Waals surface area contributed by atoms with Gasteiger partial charge in [-0.15, -0.1) is 11.3 Å². The van der Waals surface area contributed by atoms with Crippen LogP contribution in [0.3, 0.4) is 0 Å². The van der Waals surface area contributed by atoms with E-state index in [9.17, 15) is 13.6 Å². The maximum absolute atomic E-state index is 14.6. The van der Waals surface area contributed by atoms with Crippen LogP contribution in [0.4, 0.5) is 8.78 Å². The van der Waals surface area contributed by atoms with E-state index in [0.29, 0.717) is 18.0 Å². The molecule has 0 spiro atoms. The quantitative estimate of drug-likeness (QED) is 0.800. The lowest BCUT2D eigenvalue weighted by Crippen LogP contribution is -2.60. The Labute approximate surface area is 155 Å². The molecule has 1 aromatic heterocycles. The van der Waals surface area contributed by atoms with Crippen LogP contribution in [0.1, 0.15) is 34.0 Å². The molecule has 2 bridgehead atoms. The van der Waals surface area contributed by atoms with Gasteiger partial charge in [0.15, 0.2) is 11.6 Å². The van der Waals surface area contributed by atoms with Crippen LogP contribution in [-0.4, -0.2) is 47.4 Å². The van der Waals surface area contributed by atoms with Crippen molar-refractivity contribution in [1.29, 1.82) is 0 Å². The summed E-state index contributed by atoms with van der Waals surface area (Å²) in [6.07, 6.45) is 2.15. The number of likely N-dealkylation sites (tertiary alicyclic amines) is 1. The zero-order valence-corrected chi connectivity index (χ0v) is 15.1. The molecule has 0 radical (unpaired) electrons. The van der Waals surface area contributed by atoms with Gasteiger partial charge in [0.05, 0.1) is 10.9 Å². The van der Waals surface area contributed by atoms with Gasteiger partial charge in [-0.1, -0.05) is 18.2 Å². The molecule has 5 heterocycles. The predicted octanol–water partition coefficient (Wildman–Crippen LogP) is 3.73. The van der Waals surface area contributed by atoms with Gasteiger partial charge in [-0.2, -0.15) is 0 Å². The fourth-order valence-electron chi connectivity index (χ4n) is 5.28. The largest absolute Gasteiger partial charge is 0.332 e. The van der Waals surface area contributed by atoms with E-state index in [1.54, 1.807) is 12.1 Å². The SMILES string of the molecule is O=C(c1cccs1)N1C[C@@H](c2cccc(F)c2F)[C@@H]2[C@H]1C1CCN2CC1. The van der Waals surface area contributed by atoms with Crippen LogP contribution < -0.4 is 0 Å². The van der Waals surface area contributed by atoms with Crippen LogP contribution >= 0.6 is 11.3 Å². The Hall–Kier alpha value is -1.79. The van der Waals surface area contributed by atoms with Crippen LogP contribution in [0, 0.1) is 17.6 Å². The molecule has 4 aliphatic rings. The summed E-state index contributed by atoms with van der Waals surface area (Å²) in [7, 11) is 0. The number of carbonyl (C=O) groups is 1. The van der Waals surface area contributed by atoms with E-state index in [2.05, 4.69) is 4.90 Å². The molecule has 4 saturated heterocycles. The molecule has 136 valence electrons. The lowest BCUT2D eigenvalue weighted by Gasteiger charge is -2.51. The van der Waals surface area contributed by atoms with Gasteiger partial charge in [0.25, 0.3) is 5.91 Å². The first-order valence-corrected chi connectivity index (χ1v) is 10.1. The summed E-state index contributed by atoms with van der Waals surface area (Å²) in [6, 6.07) is 8.33. The van der Waals surface area contributed by atoms with E-state index in [1.807, 2.05) is 22.4 Å². The fourth-order valence-corrected chi connectivity index (χ4v) is 5.96. The lowest BCUT2D eigenvalue weighted by atomic mass is 9.75. The highest BCUT2D eigenvalue weighted by Gasteiger charge is 2.55. The Bertz CT molecular complexity index is 832. The molecule has 3 nitrogen and oxygen atoms in total. The first-order valence-electron chi connectivity index (χ1n) is 9.17. The molecule has 2 aromatic rings. The van der Waals surface area contributed by atoms with Gasteiger partial charge in [-0.25, -0.2) is 8.78 Å². The van der Waals surface area contributed by atoms with Crippen LogP contribution in [0.15, 0.2) is 35.7 Å². The van der Waals surface area contributed by atoms with E-state index in [-0.39, 0.29) is 23.9 Å². The number of piperidine rings is 3. The molecule has 0 aliphatic carbocycles. The molecule has 4 fully saturated rings. The number of thiophene rings is 1. The highest BCUT2D eigenvalue weighted by molar-refractivity contribution is 7.12. The Balaban J connectivity index is 1.57. The van der Waals surface area contributed by atoms with Crippen LogP contribution in [0.25, 0.3) is 0 Å². The fraction of sp³-hybridized carbons (Fsp3) is 0.450. The van der Waals surface area contributed by atoms with Crippen molar-refractivity contribution in [3.05, 3.63) is 57.8 Å². The number of amides is 1. The topological polar surface area (TPSA) is 23.6 Å². The van der Waals surface area contributed by atoms with Crippen molar-refractivity contribution in [3.8, 4) is 0 Å². The molecular formula is C20H20F2N2OS. The van der Waals surface area contributed by atoms with Gasteiger partial charge in [0.1, 0.15) is 0 Å². The van der Waals surface area contributed by atoms with Gasteiger partial charge in [0.2, 0.25) is 0 Å². The molecular weight excluding hydrogens is 354 g/mol. The first-order chi connectivity index (χ1) is 12.6. The van der Waals surface area contributed by atoms with Crippen molar-refractivity contribution in [2.24, 2.45) is 5.92 Å². The molecule has 1 aromatic carbocycles. The number of hydrogen-bond acceptors (Lipinski definition) is 3. The van der Waals surface area contributed by atoms with Gasteiger partial charge >= 0.3 is 0 Å². The molecule has 0 N–H and O–H groups in total. The minimum absolute atomic E-state index is 0.0306. The minimum Gasteiger partial charge on any atom is -0.332 e. The van der Waals surface area contributed by atoms with Gasteiger partial charge in [0, 0.05) is 18.5 Å². The molecule has 0 saturated carbocycles. The summed E-state index contributed by atoms with van der Waals surface area (Å²) in [5, 5.41) is 1.90. The maximum atomic E-state index is 14.6. The summed E-state index contributed by atoms with van der Waals surface area (Å²) in [5.41, 5.74) is 0.411. The minimum atomic E-state index is -0.807. The zero-order valence-electron chi connectivity index (χ0n) is 14.3. The number of benzene rings is 1. The third-order valence-electron chi connectivity index (χ3n) is 6.37. The summed E-state index contributed by atoms with van der Waals surface area (Å²) in [5.74, 6) is -1.26. The van der Waals surface area contributed by atoms with Crippen molar-refractivity contribution in [2.45, 2.75) is 30.8 Å². The monoisotopic (exact) mass is 374 g/mol. The maximum Gasteiger partial charge on any atom is 0.264 e. The van der Waals surface area contributed by atoms with Gasteiger partial charge < -0.3 is 4.90 Å². The van der Waals surface area contributed by atoms with E-state index in [1.165, 1.54) is 11.3 Å². The second-order valence-corrected chi connectivity index (χ2v) is 8.49. The molecule has 6 heteroatoms. The number of halogens is 2. The number of nitrogens with zero attached hydrogens (tertiary/aromatic N) is 2. The highest BCUT2D eigenvalue weighted by atomic mass is 32.1. The summed E-state index contributed by atoms with van der Waals surface area (Å²) >= 11 is 1.44.